The first kappa shape index (κ1) is 16.9. The molecule has 0 atom stereocenters. The molecule has 1 amide bonds. The van der Waals surface area contributed by atoms with Gasteiger partial charge in [0.2, 0.25) is 5.91 Å². The minimum atomic E-state index is 0.00664. The molecule has 0 bridgehead atoms. The number of benzene rings is 2. The van der Waals surface area contributed by atoms with Crippen molar-refractivity contribution in [2.45, 2.75) is 18.0 Å². The van der Waals surface area contributed by atoms with Crippen molar-refractivity contribution < 1.29 is 9.53 Å². The van der Waals surface area contributed by atoms with Crippen LogP contribution in [0.1, 0.15) is 11.1 Å². The summed E-state index contributed by atoms with van der Waals surface area (Å²) in [7, 11) is 1.66. The van der Waals surface area contributed by atoms with Crippen molar-refractivity contribution in [1.29, 1.82) is 0 Å². The smallest absolute Gasteiger partial charge is 0.230 e. The van der Waals surface area contributed by atoms with Crippen molar-refractivity contribution in [2.24, 2.45) is 0 Å². The number of nitrogens with one attached hydrogen (secondary N) is 1. The van der Waals surface area contributed by atoms with E-state index in [1.54, 1.807) is 7.11 Å². The Labute approximate surface area is 140 Å². The van der Waals surface area contributed by atoms with Crippen LogP contribution in [0, 0.1) is 0 Å². The van der Waals surface area contributed by atoms with E-state index in [0.717, 1.165) is 16.0 Å². The molecule has 0 saturated carbocycles. The van der Waals surface area contributed by atoms with Gasteiger partial charge in [-0.25, -0.2) is 0 Å². The Hall–Kier alpha value is -1.49. The summed E-state index contributed by atoms with van der Waals surface area (Å²) in [5, 5.41) is 3.64. The number of hydrogen-bond donors (Lipinski definition) is 1. The van der Waals surface area contributed by atoms with Gasteiger partial charge in [0.25, 0.3) is 0 Å². The molecule has 0 heterocycles. The third kappa shape index (κ3) is 5.37. The zero-order chi connectivity index (χ0) is 15.8. The summed E-state index contributed by atoms with van der Waals surface area (Å²) in [5.41, 5.74) is 2.17. The van der Waals surface area contributed by atoms with Gasteiger partial charge in [0, 0.05) is 23.6 Å². The summed E-state index contributed by atoms with van der Waals surface area (Å²) in [5.74, 6) is 0.390. The van der Waals surface area contributed by atoms with Crippen molar-refractivity contribution in [3.05, 3.63) is 64.7 Å². The minimum absolute atomic E-state index is 0.00664. The molecule has 0 radical (unpaired) electrons. The first-order chi connectivity index (χ1) is 10.7. The molecule has 0 saturated heterocycles. The maximum atomic E-state index is 11.9. The summed E-state index contributed by atoms with van der Waals surface area (Å²) in [6.07, 6.45) is 0. The predicted molar refractivity (Wildman–Crippen MR) is 91.2 cm³/mol. The number of hydrogen-bond acceptors (Lipinski definition) is 3. The fourth-order valence-electron chi connectivity index (χ4n) is 1.95. The number of rotatable bonds is 7. The number of carbonyl (C=O) groups is 1. The van der Waals surface area contributed by atoms with Crippen LogP contribution < -0.4 is 5.32 Å². The van der Waals surface area contributed by atoms with Crippen molar-refractivity contribution >= 4 is 29.3 Å². The molecular weight excluding hydrogens is 318 g/mol. The van der Waals surface area contributed by atoms with Crippen molar-refractivity contribution in [3.8, 4) is 0 Å². The van der Waals surface area contributed by atoms with Gasteiger partial charge in [-0.2, -0.15) is 0 Å². The van der Waals surface area contributed by atoms with Gasteiger partial charge in [-0.1, -0.05) is 35.9 Å². The van der Waals surface area contributed by atoms with Crippen LogP contribution >= 0.6 is 23.4 Å². The molecule has 0 fully saturated rings. The number of halogens is 1. The summed E-state index contributed by atoms with van der Waals surface area (Å²) in [6.45, 7) is 1.06. The molecule has 0 aromatic heterocycles. The van der Waals surface area contributed by atoms with Gasteiger partial charge in [-0.3, -0.25) is 4.79 Å². The summed E-state index contributed by atoms with van der Waals surface area (Å²) in [4.78, 5) is 13.0. The SMILES string of the molecule is COCc1ccccc1CNC(=O)CSc1ccc(Cl)cc1. The van der Waals surface area contributed by atoms with Gasteiger partial charge in [-0.05, 0) is 35.4 Å². The first-order valence-electron chi connectivity index (χ1n) is 6.90. The molecule has 0 aliphatic carbocycles. The molecular formula is C17H18ClNO2S. The number of thioether (sulfide) groups is 1. The zero-order valence-corrected chi connectivity index (χ0v) is 13.9. The molecule has 0 unspecified atom stereocenters. The van der Waals surface area contributed by atoms with Gasteiger partial charge in [0.05, 0.1) is 12.4 Å². The Morgan fingerprint density at radius 1 is 1.14 bits per heavy atom. The Bertz CT molecular complexity index is 616. The highest BCUT2D eigenvalue weighted by molar-refractivity contribution is 8.00. The van der Waals surface area contributed by atoms with E-state index < -0.39 is 0 Å². The number of carbonyl (C=O) groups excluding carboxylic acids is 1. The first-order valence-corrected chi connectivity index (χ1v) is 8.26. The van der Waals surface area contributed by atoms with Crippen LogP contribution in [0.25, 0.3) is 0 Å². The minimum Gasteiger partial charge on any atom is -0.380 e. The van der Waals surface area contributed by atoms with Gasteiger partial charge in [0.1, 0.15) is 0 Å². The maximum Gasteiger partial charge on any atom is 0.230 e. The molecule has 0 aliphatic heterocycles. The van der Waals surface area contributed by atoms with E-state index in [4.69, 9.17) is 16.3 Å². The third-order valence-corrected chi connectivity index (χ3v) is 4.34. The molecule has 5 heteroatoms. The topological polar surface area (TPSA) is 38.3 Å². The van der Waals surface area contributed by atoms with Gasteiger partial charge < -0.3 is 10.1 Å². The van der Waals surface area contributed by atoms with Gasteiger partial charge >= 0.3 is 0 Å². The van der Waals surface area contributed by atoms with E-state index in [-0.39, 0.29) is 5.91 Å². The second-order valence-electron chi connectivity index (χ2n) is 4.72. The van der Waals surface area contributed by atoms with E-state index >= 15 is 0 Å². The molecule has 2 aromatic rings. The molecule has 0 spiro atoms. The lowest BCUT2D eigenvalue weighted by Crippen LogP contribution is -2.25. The highest BCUT2D eigenvalue weighted by Crippen LogP contribution is 2.20. The molecule has 0 aliphatic rings. The lowest BCUT2D eigenvalue weighted by Gasteiger charge is -2.10. The molecule has 1 N–H and O–H groups in total. The van der Waals surface area contributed by atoms with Crippen LogP contribution in [-0.2, 0) is 22.7 Å². The van der Waals surface area contributed by atoms with Crippen LogP contribution in [0.4, 0.5) is 0 Å². The normalized spacial score (nSPS) is 10.5. The van der Waals surface area contributed by atoms with Gasteiger partial charge in [0.15, 0.2) is 0 Å². The van der Waals surface area contributed by atoms with Crippen LogP contribution in [0.15, 0.2) is 53.4 Å². The van der Waals surface area contributed by atoms with E-state index in [1.165, 1.54) is 11.8 Å². The summed E-state index contributed by atoms with van der Waals surface area (Å²) in [6, 6.07) is 15.4. The lowest BCUT2D eigenvalue weighted by molar-refractivity contribution is -0.118. The highest BCUT2D eigenvalue weighted by atomic mass is 35.5. The standard InChI is InChI=1S/C17H18ClNO2S/c1-21-11-14-5-3-2-4-13(14)10-19-17(20)12-22-16-8-6-15(18)7-9-16/h2-9H,10-12H2,1H3,(H,19,20). The average Bonchev–Trinajstić information content (AvgIpc) is 2.54. The Morgan fingerprint density at radius 3 is 2.50 bits per heavy atom. The van der Waals surface area contributed by atoms with E-state index in [0.29, 0.717) is 23.9 Å². The lowest BCUT2D eigenvalue weighted by atomic mass is 10.1. The maximum absolute atomic E-state index is 11.9. The molecule has 2 aromatic carbocycles. The van der Waals surface area contributed by atoms with E-state index in [2.05, 4.69) is 5.32 Å². The molecule has 116 valence electrons. The zero-order valence-electron chi connectivity index (χ0n) is 12.3. The van der Waals surface area contributed by atoms with Crippen LogP contribution in [0.3, 0.4) is 0 Å². The highest BCUT2D eigenvalue weighted by Gasteiger charge is 2.05. The van der Waals surface area contributed by atoms with Gasteiger partial charge in [-0.15, -0.1) is 11.8 Å². The molecule has 3 nitrogen and oxygen atoms in total. The van der Waals surface area contributed by atoms with Crippen molar-refractivity contribution in [2.75, 3.05) is 12.9 Å². The number of ether oxygens (including phenoxy) is 1. The van der Waals surface area contributed by atoms with E-state index in [9.17, 15) is 4.79 Å². The monoisotopic (exact) mass is 335 g/mol. The van der Waals surface area contributed by atoms with Crippen LogP contribution in [0.2, 0.25) is 5.02 Å². The Kier molecular flexibility index (Phi) is 6.77. The second-order valence-corrected chi connectivity index (χ2v) is 6.21. The largest absolute Gasteiger partial charge is 0.380 e. The summed E-state index contributed by atoms with van der Waals surface area (Å²) >= 11 is 7.33. The Balaban J connectivity index is 1.81. The van der Waals surface area contributed by atoms with Crippen molar-refractivity contribution in [3.63, 3.8) is 0 Å². The quantitative estimate of drug-likeness (QED) is 0.780. The summed E-state index contributed by atoms with van der Waals surface area (Å²) < 4.78 is 5.16. The second kappa shape index (κ2) is 8.83. The molecule has 22 heavy (non-hydrogen) atoms. The molecule has 2 rings (SSSR count). The Morgan fingerprint density at radius 2 is 1.82 bits per heavy atom. The van der Waals surface area contributed by atoms with Crippen LogP contribution in [0.5, 0.6) is 0 Å². The fourth-order valence-corrected chi connectivity index (χ4v) is 2.81. The average molecular weight is 336 g/mol. The predicted octanol–water partition coefficient (Wildman–Crippen LogP) is 3.89. The van der Waals surface area contributed by atoms with E-state index in [1.807, 2.05) is 48.5 Å². The third-order valence-electron chi connectivity index (χ3n) is 3.08. The number of methoxy groups -OCH3 is 1. The van der Waals surface area contributed by atoms with Crippen molar-refractivity contribution in [1.82, 2.24) is 5.32 Å². The number of amides is 1. The fraction of sp³-hybridized carbons (Fsp3) is 0.235. The van der Waals surface area contributed by atoms with Crippen LogP contribution in [-0.4, -0.2) is 18.8 Å².